The quantitative estimate of drug-likeness (QED) is 0.638. The molecule has 1 aromatic heterocycles. The van der Waals surface area contributed by atoms with Crippen LogP contribution in [0.25, 0.3) is 11.1 Å². The minimum absolute atomic E-state index is 0.0374. The molecule has 0 radical (unpaired) electrons. The summed E-state index contributed by atoms with van der Waals surface area (Å²) in [7, 11) is 0. The molecule has 2 heterocycles. The molecular formula is C25H27F2N5O2. The molecular weight excluding hydrogens is 440 g/mol. The number of pyridine rings is 1. The molecule has 1 fully saturated rings. The monoisotopic (exact) mass is 467 g/mol. The van der Waals surface area contributed by atoms with Gasteiger partial charge in [-0.25, -0.2) is 13.8 Å². The Morgan fingerprint density at radius 2 is 1.94 bits per heavy atom. The highest BCUT2D eigenvalue weighted by atomic mass is 19.3. The third-order valence-electron chi connectivity index (χ3n) is 5.85. The minimum Gasteiger partial charge on any atom is -0.370 e. The Balaban J connectivity index is 2.01. The zero-order chi connectivity index (χ0) is 24.9. The Labute approximate surface area is 197 Å². The molecule has 0 atom stereocenters. The summed E-state index contributed by atoms with van der Waals surface area (Å²) >= 11 is 0. The number of halogens is 2. The van der Waals surface area contributed by atoms with Gasteiger partial charge in [0.05, 0.1) is 17.2 Å². The molecule has 1 aliphatic heterocycles. The Morgan fingerprint density at radius 1 is 1.24 bits per heavy atom. The van der Waals surface area contributed by atoms with Gasteiger partial charge in [0.25, 0.3) is 5.91 Å². The largest absolute Gasteiger partial charge is 0.370 e. The Morgan fingerprint density at radius 3 is 2.59 bits per heavy atom. The molecule has 2 aromatic rings. The number of carbonyl (C=O) groups excluding carboxylic acids is 2. The van der Waals surface area contributed by atoms with Crippen molar-refractivity contribution in [3.63, 3.8) is 0 Å². The van der Waals surface area contributed by atoms with Crippen LogP contribution in [0, 0.1) is 18.3 Å². The lowest BCUT2D eigenvalue weighted by Gasteiger charge is -2.26. The van der Waals surface area contributed by atoms with Crippen LogP contribution < -0.4 is 16.0 Å². The van der Waals surface area contributed by atoms with Crippen LogP contribution in [0.3, 0.4) is 0 Å². The van der Waals surface area contributed by atoms with Gasteiger partial charge in [-0.05, 0) is 43.0 Å². The van der Waals surface area contributed by atoms with Gasteiger partial charge in [-0.3, -0.25) is 9.59 Å². The summed E-state index contributed by atoms with van der Waals surface area (Å²) < 4.78 is 27.9. The Kier molecular flexibility index (Phi) is 7.61. The van der Waals surface area contributed by atoms with Crippen LogP contribution in [0.2, 0.25) is 0 Å². The summed E-state index contributed by atoms with van der Waals surface area (Å²) in [4.78, 5) is 30.7. The zero-order valence-corrected chi connectivity index (χ0v) is 19.0. The maximum atomic E-state index is 14.0. The second kappa shape index (κ2) is 10.4. The number of amides is 2. The molecule has 2 amide bonds. The van der Waals surface area contributed by atoms with Crippen LogP contribution in [-0.2, 0) is 4.79 Å². The predicted octanol–water partition coefficient (Wildman–Crippen LogP) is 4.06. The van der Waals surface area contributed by atoms with E-state index in [0.29, 0.717) is 34.8 Å². The second-order valence-electron chi connectivity index (χ2n) is 8.41. The van der Waals surface area contributed by atoms with Crippen molar-refractivity contribution in [3.8, 4) is 17.2 Å². The summed E-state index contributed by atoms with van der Waals surface area (Å²) in [6.45, 7) is 5.98. The summed E-state index contributed by atoms with van der Waals surface area (Å²) in [5, 5.41) is 11.8. The number of nitrogens with two attached hydrogens (primary N) is 1. The first-order valence-electron chi connectivity index (χ1n) is 11.0. The molecule has 1 aromatic carbocycles. The van der Waals surface area contributed by atoms with Gasteiger partial charge in [-0.15, -0.1) is 0 Å². The number of benzene rings is 1. The molecule has 1 saturated heterocycles. The van der Waals surface area contributed by atoms with Crippen LogP contribution in [-0.4, -0.2) is 35.8 Å². The molecule has 7 nitrogen and oxygen atoms in total. The highest BCUT2D eigenvalue weighted by Gasteiger charge is 2.33. The maximum Gasteiger partial charge on any atom is 0.259 e. The summed E-state index contributed by atoms with van der Waals surface area (Å²) in [6.07, 6.45) is 1.59. The molecule has 3 N–H and O–H groups in total. The maximum absolute atomic E-state index is 14.0. The van der Waals surface area contributed by atoms with Crippen LogP contribution in [0.15, 0.2) is 42.7 Å². The van der Waals surface area contributed by atoms with E-state index in [0.717, 1.165) is 5.56 Å². The van der Waals surface area contributed by atoms with E-state index in [1.807, 2.05) is 0 Å². The molecule has 0 aliphatic carbocycles. The third kappa shape index (κ3) is 5.95. The standard InChI is InChI=1S/C25H27F2N5O2/c1-16(4-9-21(29)33)31-24(34)22-17(2)20(19-7-5-18(14-28)6-8-19)15-30-23(22)32-12-3-10-25(26,27)11-13-32/h5-8,15H,1,3-4,9-13H2,2H3,(H2,29,33)(H,31,34). The van der Waals surface area contributed by atoms with Gasteiger partial charge >= 0.3 is 0 Å². The number of alkyl halides is 2. The lowest BCUT2D eigenvalue weighted by atomic mass is 9.97. The van der Waals surface area contributed by atoms with Crippen LogP contribution in [0.4, 0.5) is 14.6 Å². The molecule has 1 aliphatic rings. The predicted molar refractivity (Wildman–Crippen MR) is 125 cm³/mol. The van der Waals surface area contributed by atoms with Gasteiger partial charge in [0, 0.05) is 49.8 Å². The van der Waals surface area contributed by atoms with E-state index in [9.17, 15) is 18.4 Å². The van der Waals surface area contributed by atoms with Crippen molar-refractivity contribution < 1.29 is 18.4 Å². The van der Waals surface area contributed by atoms with E-state index in [-0.39, 0.29) is 44.2 Å². The van der Waals surface area contributed by atoms with Crippen molar-refractivity contribution in [2.45, 2.75) is 45.0 Å². The van der Waals surface area contributed by atoms with Crippen LogP contribution in [0.5, 0.6) is 0 Å². The second-order valence-corrected chi connectivity index (χ2v) is 8.41. The number of anilines is 1. The van der Waals surface area contributed by atoms with Crippen LogP contribution >= 0.6 is 0 Å². The lowest BCUT2D eigenvalue weighted by molar-refractivity contribution is -0.118. The van der Waals surface area contributed by atoms with Crippen molar-refractivity contribution in [3.05, 3.63) is 59.4 Å². The van der Waals surface area contributed by atoms with E-state index in [1.165, 1.54) is 0 Å². The van der Waals surface area contributed by atoms with Gasteiger partial charge < -0.3 is 16.0 Å². The van der Waals surface area contributed by atoms with Gasteiger partial charge in [-0.1, -0.05) is 18.7 Å². The number of rotatable bonds is 7. The topological polar surface area (TPSA) is 112 Å². The molecule has 0 unspecified atom stereocenters. The van der Waals surface area contributed by atoms with E-state index < -0.39 is 17.7 Å². The molecule has 34 heavy (non-hydrogen) atoms. The highest BCUT2D eigenvalue weighted by molar-refractivity contribution is 6.03. The average molecular weight is 468 g/mol. The molecule has 3 rings (SSSR count). The number of allylic oxidation sites excluding steroid dienone is 1. The van der Waals surface area contributed by atoms with Crippen molar-refractivity contribution in [1.82, 2.24) is 10.3 Å². The number of aromatic nitrogens is 1. The highest BCUT2D eigenvalue weighted by Crippen LogP contribution is 2.34. The SMILES string of the molecule is C=C(CCC(N)=O)NC(=O)c1c(N2CCCC(F)(F)CC2)ncc(-c2ccc(C#N)cc2)c1C. The number of hydrogen-bond acceptors (Lipinski definition) is 5. The first kappa shape index (κ1) is 24.8. The summed E-state index contributed by atoms with van der Waals surface area (Å²) in [5.74, 6) is -3.42. The number of nitrogens with zero attached hydrogens (tertiary/aromatic N) is 3. The number of primary amides is 1. The first-order valence-corrected chi connectivity index (χ1v) is 11.0. The number of nitrogens with one attached hydrogen (secondary N) is 1. The average Bonchev–Trinajstić information content (AvgIpc) is 2.97. The van der Waals surface area contributed by atoms with Gasteiger partial charge in [0.2, 0.25) is 11.8 Å². The summed E-state index contributed by atoms with van der Waals surface area (Å²) in [5.41, 5.74) is 8.32. The zero-order valence-electron chi connectivity index (χ0n) is 19.0. The van der Waals surface area contributed by atoms with Crippen molar-refractivity contribution >= 4 is 17.6 Å². The summed E-state index contributed by atoms with van der Waals surface area (Å²) in [6, 6.07) is 8.94. The first-order chi connectivity index (χ1) is 16.1. The fourth-order valence-corrected chi connectivity index (χ4v) is 3.95. The van der Waals surface area contributed by atoms with E-state index in [4.69, 9.17) is 11.0 Å². The van der Waals surface area contributed by atoms with E-state index in [1.54, 1.807) is 42.3 Å². The molecule has 0 spiro atoms. The Bertz CT molecular complexity index is 1140. The molecule has 0 saturated carbocycles. The molecule has 9 heteroatoms. The normalized spacial score (nSPS) is 15.2. The van der Waals surface area contributed by atoms with Gasteiger partial charge in [0.15, 0.2) is 0 Å². The lowest BCUT2D eigenvalue weighted by Crippen LogP contribution is -2.32. The third-order valence-corrected chi connectivity index (χ3v) is 5.85. The van der Waals surface area contributed by atoms with Crippen molar-refractivity contribution in [2.24, 2.45) is 5.73 Å². The fraction of sp³-hybridized carbons (Fsp3) is 0.360. The number of nitriles is 1. The molecule has 178 valence electrons. The number of carbonyl (C=O) groups is 2. The van der Waals surface area contributed by atoms with Crippen molar-refractivity contribution in [2.75, 3.05) is 18.0 Å². The van der Waals surface area contributed by atoms with E-state index >= 15 is 0 Å². The molecule has 0 bridgehead atoms. The van der Waals surface area contributed by atoms with Crippen LogP contribution in [0.1, 0.15) is 53.6 Å². The minimum atomic E-state index is -2.75. The smallest absolute Gasteiger partial charge is 0.259 e. The van der Waals surface area contributed by atoms with Gasteiger partial charge in [-0.2, -0.15) is 5.26 Å². The van der Waals surface area contributed by atoms with Crippen molar-refractivity contribution in [1.29, 1.82) is 5.26 Å². The van der Waals surface area contributed by atoms with Gasteiger partial charge in [0.1, 0.15) is 5.82 Å². The number of hydrogen-bond donors (Lipinski definition) is 2. The van der Waals surface area contributed by atoms with E-state index in [2.05, 4.69) is 22.9 Å². The fourth-order valence-electron chi connectivity index (χ4n) is 3.95. The Hall–Kier alpha value is -3.80.